The summed E-state index contributed by atoms with van der Waals surface area (Å²) in [5, 5.41) is -4.27. The Balaban J connectivity index is 1.67. The van der Waals surface area contributed by atoms with E-state index in [0.29, 0.717) is 36.4 Å². The van der Waals surface area contributed by atoms with Crippen LogP contribution in [0.15, 0.2) is 60.7 Å². The zero-order chi connectivity index (χ0) is 38.0. The Labute approximate surface area is 279 Å². The number of halogens is 12. The lowest BCUT2D eigenvalue weighted by Gasteiger charge is -2.25. The van der Waals surface area contributed by atoms with E-state index in [0.717, 1.165) is 0 Å². The number of ether oxygens (including phenoxy) is 2. The summed E-state index contributed by atoms with van der Waals surface area (Å²) >= 11 is 0. The minimum Gasteiger partial charge on any atom is -0.386 e. The molecule has 0 radical (unpaired) electrons. The summed E-state index contributed by atoms with van der Waals surface area (Å²) in [7, 11) is 0. The number of benzene rings is 5. The second kappa shape index (κ2) is 10.8. The van der Waals surface area contributed by atoms with Gasteiger partial charge in [0.2, 0.25) is 0 Å². The van der Waals surface area contributed by atoms with Gasteiger partial charge in [0.25, 0.3) is 0 Å². The van der Waals surface area contributed by atoms with E-state index in [1.165, 1.54) is 0 Å². The first-order chi connectivity index (χ1) is 24.0. The third kappa shape index (κ3) is 5.14. The molecule has 18 heteroatoms. The maximum atomic E-state index is 14.9. The van der Waals surface area contributed by atoms with E-state index in [1.807, 2.05) is 0 Å². The van der Waals surface area contributed by atoms with Gasteiger partial charge in [0.05, 0.1) is 44.5 Å². The first-order valence-corrected chi connectivity index (χ1v) is 14.2. The summed E-state index contributed by atoms with van der Waals surface area (Å²) in [5.74, 6) is -5.99. The molecule has 0 N–H and O–H groups in total. The fourth-order valence-electron chi connectivity index (χ4n) is 6.50. The monoisotopic (exact) mass is 742 g/mol. The molecule has 7 rings (SSSR count). The largest absolute Gasteiger partial charge is 0.417 e. The molecular formula is C34H10F12O6. The van der Waals surface area contributed by atoms with Crippen LogP contribution in [0.1, 0.15) is 63.7 Å². The zero-order valence-electron chi connectivity index (χ0n) is 24.8. The lowest BCUT2D eigenvalue weighted by Crippen LogP contribution is -2.21. The zero-order valence-corrected chi connectivity index (χ0v) is 24.8. The molecule has 0 atom stereocenters. The van der Waals surface area contributed by atoms with Crippen LogP contribution in [0.5, 0.6) is 0 Å². The highest BCUT2D eigenvalue weighted by Gasteiger charge is 2.44. The topological polar surface area (TPSA) is 86.7 Å². The smallest absolute Gasteiger partial charge is 0.386 e. The standard InChI is InChI=1S/C34H10F12O6/c35-31(36,37)19-7-5-15-23-13(27(47)51-29(15)49)3-1-11(25(19)23)17-9-22(34(44,45)46)18(10-21(17)33(41,42)43)12-2-4-14-24-16(30(50)52-28(14)48)6-8-20(26(12)24)32(38,39)40/h1-10H. The molecule has 0 aliphatic carbocycles. The van der Waals surface area contributed by atoms with Crippen molar-refractivity contribution in [3.8, 4) is 22.3 Å². The van der Waals surface area contributed by atoms with Gasteiger partial charge >= 0.3 is 48.6 Å². The molecule has 2 heterocycles. The molecule has 0 fully saturated rings. The number of carbonyl (C=O) groups excluding carboxylic acids is 4. The minimum atomic E-state index is -5.72. The molecule has 6 nitrogen and oxygen atoms in total. The van der Waals surface area contributed by atoms with Crippen LogP contribution in [0.25, 0.3) is 43.8 Å². The molecule has 266 valence electrons. The van der Waals surface area contributed by atoms with Crippen LogP contribution in [-0.4, -0.2) is 23.9 Å². The van der Waals surface area contributed by atoms with Crippen LogP contribution in [0.3, 0.4) is 0 Å². The molecule has 0 bridgehead atoms. The van der Waals surface area contributed by atoms with Crippen molar-refractivity contribution in [3.05, 3.63) is 105 Å². The SMILES string of the molecule is O=C1OC(=O)c2ccc(C(F)(F)F)c3c(-c4cc(C(F)(F)F)c(-c5ccc6c7c(ccc(C(F)(F)F)c57)C(=O)OC6=O)cc4C(F)(F)F)ccc1c23. The summed E-state index contributed by atoms with van der Waals surface area (Å²) in [6.07, 6.45) is -22.3. The highest BCUT2D eigenvalue weighted by molar-refractivity contribution is 6.25. The second-order valence-electron chi connectivity index (χ2n) is 11.4. The molecule has 0 amide bonds. The van der Waals surface area contributed by atoms with Gasteiger partial charge in [-0.25, -0.2) is 19.2 Å². The summed E-state index contributed by atoms with van der Waals surface area (Å²) in [4.78, 5) is 49.8. The first kappa shape index (κ1) is 34.5. The maximum absolute atomic E-state index is 14.9. The van der Waals surface area contributed by atoms with Gasteiger partial charge in [-0.3, -0.25) is 0 Å². The van der Waals surface area contributed by atoms with Crippen molar-refractivity contribution in [2.45, 2.75) is 24.7 Å². The third-order valence-corrected chi connectivity index (χ3v) is 8.53. The predicted octanol–water partition coefficient (Wildman–Crippen LogP) is 10.0. The Kier molecular flexibility index (Phi) is 7.16. The summed E-state index contributed by atoms with van der Waals surface area (Å²) in [6.45, 7) is 0. The second-order valence-corrected chi connectivity index (χ2v) is 11.4. The molecule has 2 aliphatic heterocycles. The van der Waals surface area contributed by atoms with Gasteiger partial charge in [-0.1, -0.05) is 12.1 Å². The van der Waals surface area contributed by atoms with E-state index in [-0.39, 0.29) is 24.3 Å². The highest BCUT2D eigenvalue weighted by atomic mass is 19.4. The number of rotatable bonds is 2. The fraction of sp³-hybridized carbons (Fsp3) is 0.118. The van der Waals surface area contributed by atoms with Gasteiger partial charge in [-0.15, -0.1) is 0 Å². The minimum absolute atomic E-state index is 0.215. The molecule has 0 aromatic heterocycles. The van der Waals surface area contributed by atoms with Gasteiger partial charge in [-0.05, 0) is 70.8 Å². The Morgan fingerprint density at radius 3 is 0.827 bits per heavy atom. The fourth-order valence-corrected chi connectivity index (χ4v) is 6.50. The van der Waals surface area contributed by atoms with Crippen LogP contribution < -0.4 is 0 Å². The molecule has 0 unspecified atom stereocenters. The Morgan fingerprint density at radius 1 is 0.308 bits per heavy atom. The van der Waals surface area contributed by atoms with Crippen molar-refractivity contribution in [1.82, 2.24) is 0 Å². The van der Waals surface area contributed by atoms with E-state index in [4.69, 9.17) is 0 Å². The average Bonchev–Trinajstić information content (AvgIpc) is 3.02. The molecule has 5 aromatic rings. The van der Waals surface area contributed by atoms with Crippen LogP contribution >= 0.6 is 0 Å². The van der Waals surface area contributed by atoms with Gasteiger partial charge in [-0.2, -0.15) is 52.7 Å². The van der Waals surface area contributed by atoms with Crippen LogP contribution in [0.4, 0.5) is 52.7 Å². The summed E-state index contributed by atoms with van der Waals surface area (Å²) < 4.78 is 185. The molecule has 0 saturated heterocycles. The van der Waals surface area contributed by atoms with Gasteiger partial charge in [0.1, 0.15) is 0 Å². The Bertz CT molecular complexity index is 2270. The lowest BCUT2D eigenvalue weighted by molar-refractivity contribution is -0.140. The summed E-state index contributed by atoms with van der Waals surface area (Å²) in [5.41, 5.74) is -16.0. The van der Waals surface area contributed by atoms with E-state index >= 15 is 0 Å². The quantitative estimate of drug-likeness (QED) is 0.102. The highest BCUT2D eigenvalue weighted by Crippen LogP contribution is 2.52. The normalized spacial score (nSPS) is 15.0. The van der Waals surface area contributed by atoms with Crippen molar-refractivity contribution in [2.24, 2.45) is 0 Å². The number of esters is 4. The van der Waals surface area contributed by atoms with Crippen molar-refractivity contribution in [3.63, 3.8) is 0 Å². The molecule has 0 saturated carbocycles. The van der Waals surface area contributed by atoms with Crippen molar-refractivity contribution < 1.29 is 81.3 Å². The van der Waals surface area contributed by atoms with Gasteiger partial charge in [0.15, 0.2) is 0 Å². The molecule has 0 spiro atoms. The lowest BCUT2D eigenvalue weighted by atomic mass is 9.82. The van der Waals surface area contributed by atoms with E-state index < -0.39 is 137 Å². The number of hydrogen-bond donors (Lipinski definition) is 0. The van der Waals surface area contributed by atoms with E-state index in [9.17, 15) is 71.9 Å². The number of hydrogen-bond acceptors (Lipinski definition) is 6. The van der Waals surface area contributed by atoms with Crippen LogP contribution in [0.2, 0.25) is 0 Å². The van der Waals surface area contributed by atoms with E-state index in [1.54, 1.807) is 0 Å². The average molecular weight is 742 g/mol. The number of alkyl halides is 12. The molecule has 52 heavy (non-hydrogen) atoms. The predicted molar refractivity (Wildman–Crippen MR) is 152 cm³/mol. The van der Waals surface area contributed by atoms with Crippen LogP contribution in [0, 0.1) is 0 Å². The van der Waals surface area contributed by atoms with Gasteiger partial charge < -0.3 is 9.47 Å². The number of carbonyl (C=O) groups is 4. The number of cyclic esters (lactones) is 4. The summed E-state index contributed by atoms with van der Waals surface area (Å²) in [6, 6.07) is 3.49. The van der Waals surface area contributed by atoms with Crippen LogP contribution in [-0.2, 0) is 34.2 Å². The van der Waals surface area contributed by atoms with Gasteiger partial charge in [0, 0.05) is 21.5 Å². The van der Waals surface area contributed by atoms with E-state index in [2.05, 4.69) is 9.47 Å². The Hall–Kier alpha value is -5.94. The molecular weight excluding hydrogens is 732 g/mol. The molecule has 5 aromatic carbocycles. The first-order valence-electron chi connectivity index (χ1n) is 14.2. The Morgan fingerprint density at radius 2 is 0.558 bits per heavy atom. The molecule has 2 aliphatic rings. The van der Waals surface area contributed by atoms with Crippen molar-refractivity contribution in [1.29, 1.82) is 0 Å². The van der Waals surface area contributed by atoms with Crippen molar-refractivity contribution in [2.75, 3.05) is 0 Å². The van der Waals surface area contributed by atoms with Crippen molar-refractivity contribution >= 4 is 45.4 Å². The third-order valence-electron chi connectivity index (χ3n) is 8.53. The maximum Gasteiger partial charge on any atom is 0.417 e.